The Morgan fingerprint density at radius 2 is 1.72 bits per heavy atom. The topological polar surface area (TPSA) is 82.8 Å². The van der Waals surface area contributed by atoms with Gasteiger partial charge in [0.05, 0.1) is 17.1 Å². The molecule has 0 N–H and O–H groups in total. The van der Waals surface area contributed by atoms with Crippen LogP contribution in [0.3, 0.4) is 0 Å². The van der Waals surface area contributed by atoms with Crippen molar-refractivity contribution < 1.29 is 4.74 Å². The summed E-state index contributed by atoms with van der Waals surface area (Å²) in [5.41, 5.74) is 5.65. The number of nitrogens with zero attached hydrogens (tertiary/aromatic N) is 5. The van der Waals surface area contributed by atoms with Gasteiger partial charge in [-0.1, -0.05) is 39.0 Å². The Morgan fingerprint density at radius 1 is 0.972 bits per heavy atom. The summed E-state index contributed by atoms with van der Waals surface area (Å²) < 4.78 is 7.73. The summed E-state index contributed by atoms with van der Waals surface area (Å²) in [7, 11) is 0. The third-order valence-electron chi connectivity index (χ3n) is 5.83. The van der Waals surface area contributed by atoms with Gasteiger partial charge in [0, 0.05) is 22.9 Å². The minimum Gasteiger partial charge on any atom is -0.470 e. The van der Waals surface area contributed by atoms with Crippen molar-refractivity contribution in [3.8, 4) is 22.8 Å². The molecular formula is C28H30BrN5O2. The molecule has 0 bridgehead atoms. The highest BCUT2D eigenvalue weighted by Gasteiger charge is 2.21. The molecule has 4 aromatic rings. The van der Waals surface area contributed by atoms with Gasteiger partial charge in [-0.05, 0) is 73.0 Å². The first-order valence-electron chi connectivity index (χ1n) is 11.8. The summed E-state index contributed by atoms with van der Waals surface area (Å²) in [6.45, 7) is 14.2. The number of aryl methyl sites for hydroxylation is 4. The lowest BCUT2D eigenvalue weighted by Crippen LogP contribution is -2.24. The standard InChI is InChI=1S/C28H30BrN5O2/c1-16-11-12-20(24-17(2)14-30-27(33-24)28(5,6)7)13-22(16)34-19(4)32-25(23(29)26(34)35)36-15-21-10-8-9-18(3)31-21/h8-14H,15H2,1-7H3. The maximum absolute atomic E-state index is 13.5. The van der Waals surface area contributed by atoms with Crippen LogP contribution in [-0.2, 0) is 12.0 Å². The fraction of sp³-hybridized carbons (Fsp3) is 0.321. The number of rotatable bonds is 5. The molecule has 0 saturated heterocycles. The van der Waals surface area contributed by atoms with Crippen molar-refractivity contribution in [2.75, 3.05) is 0 Å². The van der Waals surface area contributed by atoms with Crippen LogP contribution in [0.2, 0.25) is 0 Å². The monoisotopic (exact) mass is 547 g/mol. The van der Waals surface area contributed by atoms with Crippen LogP contribution in [0.4, 0.5) is 0 Å². The predicted molar refractivity (Wildman–Crippen MR) is 145 cm³/mol. The average Bonchev–Trinajstić information content (AvgIpc) is 2.81. The van der Waals surface area contributed by atoms with Crippen LogP contribution in [0.5, 0.6) is 5.88 Å². The average molecular weight is 548 g/mol. The fourth-order valence-electron chi connectivity index (χ4n) is 3.88. The van der Waals surface area contributed by atoms with E-state index in [1.165, 1.54) is 0 Å². The summed E-state index contributed by atoms with van der Waals surface area (Å²) >= 11 is 3.42. The normalized spacial score (nSPS) is 11.6. The van der Waals surface area contributed by atoms with Gasteiger partial charge in [0.15, 0.2) is 0 Å². The molecule has 7 nitrogen and oxygen atoms in total. The molecule has 0 aliphatic heterocycles. The molecule has 0 amide bonds. The fourth-order valence-corrected chi connectivity index (χ4v) is 4.26. The van der Waals surface area contributed by atoms with Crippen LogP contribution < -0.4 is 10.3 Å². The lowest BCUT2D eigenvalue weighted by Gasteiger charge is -2.19. The Kier molecular flexibility index (Phi) is 7.09. The smallest absolute Gasteiger partial charge is 0.276 e. The highest BCUT2D eigenvalue weighted by molar-refractivity contribution is 9.10. The molecule has 0 unspecified atom stereocenters. The number of pyridine rings is 1. The summed E-state index contributed by atoms with van der Waals surface area (Å²) in [5, 5.41) is 0. The van der Waals surface area contributed by atoms with Crippen LogP contribution in [0.25, 0.3) is 16.9 Å². The van der Waals surface area contributed by atoms with E-state index in [0.717, 1.165) is 45.3 Å². The van der Waals surface area contributed by atoms with Crippen molar-refractivity contribution in [2.24, 2.45) is 0 Å². The van der Waals surface area contributed by atoms with E-state index >= 15 is 0 Å². The predicted octanol–water partition coefficient (Wildman–Crippen LogP) is 5.96. The molecule has 0 saturated carbocycles. The molecule has 0 spiro atoms. The molecule has 3 heterocycles. The van der Waals surface area contributed by atoms with Crippen molar-refractivity contribution in [2.45, 2.75) is 60.5 Å². The third kappa shape index (κ3) is 5.23. The number of halogens is 1. The van der Waals surface area contributed by atoms with Crippen molar-refractivity contribution in [3.05, 3.63) is 91.6 Å². The van der Waals surface area contributed by atoms with Crippen molar-refractivity contribution in [1.29, 1.82) is 0 Å². The first-order valence-corrected chi connectivity index (χ1v) is 12.5. The summed E-state index contributed by atoms with van der Waals surface area (Å²) in [6.07, 6.45) is 1.85. The maximum atomic E-state index is 13.5. The number of ether oxygens (including phenoxy) is 1. The van der Waals surface area contributed by atoms with E-state index in [2.05, 4.69) is 51.7 Å². The Morgan fingerprint density at radius 3 is 2.42 bits per heavy atom. The SMILES string of the molecule is Cc1cccc(COc2nc(C)n(-c3cc(-c4nc(C(C)(C)C)ncc4C)ccc3C)c(=O)c2Br)n1. The molecule has 0 aliphatic carbocycles. The molecule has 3 aromatic heterocycles. The van der Waals surface area contributed by atoms with Crippen LogP contribution in [0, 0.1) is 27.7 Å². The molecule has 4 rings (SSSR count). The van der Waals surface area contributed by atoms with Gasteiger partial charge >= 0.3 is 0 Å². The summed E-state index contributed by atoms with van der Waals surface area (Å²) in [4.78, 5) is 31.9. The van der Waals surface area contributed by atoms with Gasteiger partial charge < -0.3 is 4.74 Å². The van der Waals surface area contributed by atoms with Crippen LogP contribution in [0.1, 0.15) is 54.9 Å². The molecule has 0 radical (unpaired) electrons. The molecule has 8 heteroatoms. The van der Waals surface area contributed by atoms with Gasteiger partial charge in [0.1, 0.15) is 22.7 Å². The lowest BCUT2D eigenvalue weighted by molar-refractivity contribution is 0.284. The molecule has 0 fully saturated rings. The van der Waals surface area contributed by atoms with Crippen molar-refractivity contribution in [1.82, 2.24) is 24.5 Å². The van der Waals surface area contributed by atoms with E-state index in [0.29, 0.717) is 5.82 Å². The van der Waals surface area contributed by atoms with Gasteiger partial charge in [-0.2, -0.15) is 4.98 Å². The maximum Gasteiger partial charge on any atom is 0.276 e. The molecule has 1 aromatic carbocycles. The van der Waals surface area contributed by atoms with E-state index in [1.54, 1.807) is 11.5 Å². The van der Waals surface area contributed by atoms with Gasteiger partial charge in [-0.3, -0.25) is 14.3 Å². The molecule has 0 aliphatic rings. The number of aromatic nitrogens is 5. The molecular weight excluding hydrogens is 518 g/mol. The molecule has 36 heavy (non-hydrogen) atoms. The van der Waals surface area contributed by atoms with E-state index in [9.17, 15) is 4.79 Å². The largest absolute Gasteiger partial charge is 0.470 e. The van der Waals surface area contributed by atoms with Crippen molar-refractivity contribution >= 4 is 15.9 Å². The highest BCUT2D eigenvalue weighted by Crippen LogP contribution is 2.29. The minimum absolute atomic E-state index is 0.178. The zero-order valence-corrected chi connectivity index (χ0v) is 23.3. The second-order valence-electron chi connectivity index (χ2n) is 9.95. The van der Waals surface area contributed by atoms with Gasteiger partial charge in [-0.25, -0.2) is 9.97 Å². The van der Waals surface area contributed by atoms with Crippen LogP contribution in [-0.4, -0.2) is 24.5 Å². The zero-order chi connectivity index (χ0) is 26.2. The van der Waals surface area contributed by atoms with E-state index in [4.69, 9.17) is 9.72 Å². The zero-order valence-electron chi connectivity index (χ0n) is 21.7. The van der Waals surface area contributed by atoms with Crippen molar-refractivity contribution in [3.63, 3.8) is 0 Å². The Bertz CT molecular complexity index is 1510. The quantitative estimate of drug-likeness (QED) is 0.306. The van der Waals surface area contributed by atoms with Crippen LogP contribution >= 0.6 is 15.9 Å². The second kappa shape index (κ2) is 9.93. The molecule has 0 atom stereocenters. The lowest BCUT2D eigenvalue weighted by atomic mass is 9.95. The minimum atomic E-state index is -0.246. The van der Waals surface area contributed by atoms with E-state index in [-0.39, 0.29) is 27.9 Å². The first-order chi connectivity index (χ1) is 17.0. The van der Waals surface area contributed by atoms with Gasteiger partial charge in [0.2, 0.25) is 5.88 Å². The Hall–Kier alpha value is -3.39. The highest BCUT2D eigenvalue weighted by atomic mass is 79.9. The third-order valence-corrected chi connectivity index (χ3v) is 6.51. The Labute approximate surface area is 219 Å². The Balaban J connectivity index is 1.75. The number of hydrogen-bond acceptors (Lipinski definition) is 6. The summed E-state index contributed by atoms with van der Waals surface area (Å²) in [5.74, 6) is 1.53. The van der Waals surface area contributed by atoms with Gasteiger partial charge in [0.25, 0.3) is 5.56 Å². The number of benzene rings is 1. The number of hydrogen-bond donors (Lipinski definition) is 0. The molecule has 186 valence electrons. The summed E-state index contributed by atoms with van der Waals surface area (Å²) in [6, 6.07) is 11.7. The van der Waals surface area contributed by atoms with E-state index < -0.39 is 0 Å². The van der Waals surface area contributed by atoms with Crippen LogP contribution in [0.15, 0.2) is 51.9 Å². The van der Waals surface area contributed by atoms with E-state index in [1.807, 2.05) is 63.4 Å². The first kappa shape index (κ1) is 25.7. The second-order valence-corrected chi connectivity index (χ2v) is 10.7. The van der Waals surface area contributed by atoms with Gasteiger partial charge in [-0.15, -0.1) is 0 Å².